The molecule has 1 aromatic carbocycles. The molecule has 1 aliphatic heterocycles. The molecule has 0 saturated heterocycles. The fraction of sp³-hybridized carbons (Fsp3) is 0.571. The number of fused-ring (bicyclic) bond motifs is 1. The molecule has 146 valence electrons. The van der Waals surface area contributed by atoms with Crippen LogP contribution in [0.5, 0.6) is 0 Å². The zero-order valence-electron chi connectivity index (χ0n) is 13.5. The van der Waals surface area contributed by atoms with Crippen molar-refractivity contribution in [1.82, 2.24) is 4.72 Å². The number of halogens is 3. The van der Waals surface area contributed by atoms with E-state index >= 15 is 0 Å². The lowest BCUT2D eigenvalue weighted by Crippen LogP contribution is -2.45. The second-order valence-corrected chi connectivity index (χ2v) is 9.80. The Kier molecular flexibility index (Phi) is 4.74. The predicted octanol–water partition coefficient (Wildman–Crippen LogP) is 1.96. The van der Waals surface area contributed by atoms with Crippen LogP contribution in [0.4, 0.5) is 18.9 Å². The van der Waals surface area contributed by atoms with Crippen molar-refractivity contribution in [2.24, 2.45) is 11.1 Å². The minimum atomic E-state index is -5.01. The number of hydrogen-bond acceptors (Lipinski definition) is 5. The molecule has 0 bridgehead atoms. The van der Waals surface area contributed by atoms with Crippen molar-refractivity contribution in [2.75, 3.05) is 5.32 Å². The normalized spacial score (nSPS) is 23.5. The molecule has 12 heteroatoms. The molecule has 0 amide bonds. The molecule has 1 unspecified atom stereocenters. The van der Waals surface area contributed by atoms with E-state index in [9.17, 15) is 30.0 Å². The molecule has 1 aromatic rings. The Balaban J connectivity index is 2.07. The molecule has 1 fully saturated rings. The van der Waals surface area contributed by atoms with Gasteiger partial charge in [0.2, 0.25) is 20.0 Å². The molecule has 26 heavy (non-hydrogen) atoms. The van der Waals surface area contributed by atoms with Crippen molar-refractivity contribution in [3.63, 3.8) is 0 Å². The van der Waals surface area contributed by atoms with Crippen LogP contribution in [0.25, 0.3) is 0 Å². The van der Waals surface area contributed by atoms with Crippen molar-refractivity contribution in [3.8, 4) is 0 Å². The average molecular weight is 413 g/mol. The largest absolute Gasteiger partial charge is 0.417 e. The van der Waals surface area contributed by atoms with E-state index < -0.39 is 47.7 Å². The highest BCUT2D eigenvalue weighted by atomic mass is 32.2. The molecule has 1 aliphatic carbocycles. The van der Waals surface area contributed by atoms with E-state index in [0.29, 0.717) is 18.6 Å². The van der Waals surface area contributed by atoms with Gasteiger partial charge in [0.15, 0.2) is 0 Å². The van der Waals surface area contributed by atoms with E-state index in [-0.39, 0.29) is 11.6 Å². The van der Waals surface area contributed by atoms with Crippen molar-refractivity contribution in [3.05, 3.63) is 17.7 Å². The van der Waals surface area contributed by atoms with Crippen LogP contribution in [-0.4, -0.2) is 23.0 Å². The smallest absolute Gasteiger partial charge is 0.368 e. The zero-order chi connectivity index (χ0) is 19.3. The van der Waals surface area contributed by atoms with Gasteiger partial charge in [0.1, 0.15) is 4.90 Å². The molecular weight excluding hydrogens is 395 g/mol. The first kappa shape index (κ1) is 19.4. The van der Waals surface area contributed by atoms with Crippen LogP contribution in [0.1, 0.15) is 37.7 Å². The van der Waals surface area contributed by atoms with Gasteiger partial charge in [0, 0.05) is 0 Å². The molecule has 0 spiro atoms. The summed E-state index contributed by atoms with van der Waals surface area (Å²) in [5, 5.41) is 7.59. The summed E-state index contributed by atoms with van der Waals surface area (Å²) in [6, 6.07) is 0.948. The predicted molar refractivity (Wildman–Crippen MR) is 87.1 cm³/mol. The van der Waals surface area contributed by atoms with Crippen molar-refractivity contribution >= 4 is 25.7 Å². The van der Waals surface area contributed by atoms with Gasteiger partial charge in [-0.25, -0.2) is 22.0 Å². The standard InChI is InChI=1S/C14H18F3N3O4S2/c15-14(16,17)9-6-10-12(7-11(9)25(18,21)22)26(23,24)20-13(19-10)5-8-3-1-2-4-8/h6-8,13,19-20H,1-5H2,(H2,18,21,22). The van der Waals surface area contributed by atoms with Crippen molar-refractivity contribution < 1.29 is 30.0 Å². The number of benzene rings is 1. The quantitative estimate of drug-likeness (QED) is 0.700. The Morgan fingerprint density at radius 2 is 1.81 bits per heavy atom. The second kappa shape index (κ2) is 6.36. The highest BCUT2D eigenvalue weighted by Crippen LogP contribution is 2.40. The molecular formula is C14H18F3N3O4S2. The second-order valence-electron chi connectivity index (χ2n) is 6.59. The fourth-order valence-corrected chi connectivity index (χ4v) is 5.68. The molecule has 7 nitrogen and oxygen atoms in total. The third kappa shape index (κ3) is 3.82. The van der Waals surface area contributed by atoms with Crippen LogP contribution in [0.3, 0.4) is 0 Å². The minimum Gasteiger partial charge on any atom is -0.368 e. The number of nitrogens with two attached hydrogens (primary N) is 1. The maximum atomic E-state index is 13.3. The summed E-state index contributed by atoms with van der Waals surface area (Å²) in [6.45, 7) is 0. The zero-order valence-corrected chi connectivity index (χ0v) is 15.1. The SMILES string of the molecule is NS(=O)(=O)c1cc2c(cc1C(F)(F)F)NC(CC1CCCC1)NS2(=O)=O. The Hall–Kier alpha value is -1.37. The summed E-state index contributed by atoms with van der Waals surface area (Å²) in [5.74, 6) is 0.280. The van der Waals surface area contributed by atoms with E-state index in [4.69, 9.17) is 5.14 Å². The van der Waals surface area contributed by atoms with Gasteiger partial charge in [-0.05, 0) is 24.5 Å². The lowest BCUT2D eigenvalue weighted by atomic mass is 10.0. The topological polar surface area (TPSA) is 118 Å². The van der Waals surface area contributed by atoms with Crippen LogP contribution in [0, 0.1) is 5.92 Å². The molecule has 1 atom stereocenters. The van der Waals surface area contributed by atoms with E-state index in [2.05, 4.69) is 10.0 Å². The number of rotatable bonds is 3. The third-order valence-electron chi connectivity index (χ3n) is 4.65. The van der Waals surface area contributed by atoms with Crippen molar-refractivity contribution in [1.29, 1.82) is 0 Å². The van der Waals surface area contributed by atoms with Gasteiger partial charge >= 0.3 is 6.18 Å². The fourth-order valence-electron chi connectivity index (χ4n) is 3.51. The molecule has 4 N–H and O–H groups in total. The van der Waals surface area contributed by atoms with E-state index in [1.807, 2.05) is 0 Å². The molecule has 1 heterocycles. The first-order valence-electron chi connectivity index (χ1n) is 7.95. The summed E-state index contributed by atoms with van der Waals surface area (Å²) in [6.07, 6.45) is -1.37. The Morgan fingerprint density at radius 1 is 1.19 bits per heavy atom. The summed E-state index contributed by atoms with van der Waals surface area (Å²) in [4.78, 5) is -1.85. The first-order valence-corrected chi connectivity index (χ1v) is 11.0. The van der Waals surface area contributed by atoms with Crippen LogP contribution >= 0.6 is 0 Å². The van der Waals surface area contributed by atoms with E-state index in [1.165, 1.54) is 0 Å². The van der Waals surface area contributed by atoms with Gasteiger partial charge in [-0.1, -0.05) is 25.7 Å². The van der Waals surface area contributed by atoms with Gasteiger partial charge in [-0.15, -0.1) is 0 Å². The average Bonchev–Trinajstić information content (AvgIpc) is 2.96. The summed E-state index contributed by atoms with van der Waals surface area (Å²) in [5.41, 5.74) is -1.78. The Morgan fingerprint density at radius 3 is 2.35 bits per heavy atom. The van der Waals surface area contributed by atoms with Gasteiger partial charge < -0.3 is 5.32 Å². The third-order valence-corrected chi connectivity index (χ3v) is 7.12. The van der Waals surface area contributed by atoms with E-state index in [0.717, 1.165) is 25.7 Å². The molecule has 0 aromatic heterocycles. The van der Waals surface area contributed by atoms with Gasteiger partial charge in [-0.2, -0.15) is 17.9 Å². The minimum absolute atomic E-state index is 0.280. The maximum Gasteiger partial charge on any atom is 0.417 e. The lowest BCUT2D eigenvalue weighted by Gasteiger charge is -2.30. The maximum absolute atomic E-state index is 13.3. The first-order chi connectivity index (χ1) is 11.9. The van der Waals surface area contributed by atoms with Crippen molar-refractivity contribution in [2.45, 2.75) is 54.2 Å². The van der Waals surface area contributed by atoms with Gasteiger partial charge in [-0.3, -0.25) is 0 Å². The van der Waals surface area contributed by atoms with Gasteiger partial charge in [0.05, 0.1) is 22.3 Å². The number of anilines is 1. The highest BCUT2D eigenvalue weighted by molar-refractivity contribution is 7.90. The number of alkyl halides is 3. The lowest BCUT2D eigenvalue weighted by molar-refractivity contribution is -0.139. The summed E-state index contributed by atoms with van der Waals surface area (Å²) < 4.78 is 90.0. The van der Waals surface area contributed by atoms with Crippen LogP contribution in [-0.2, 0) is 26.2 Å². The van der Waals surface area contributed by atoms with E-state index in [1.54, 1.807) is 0 Å². The van der Waals surface area contributed by atoms with Gasteiger partial charge in [0.25, 0.3) is 0 Å². The Bertz CT molecular complexity index is 923. The number of hydrogen-bond donors (Lipinski definition) is 3. The monoisotopic (exact) mass is 413 g/mol. The highest BCUT2D eigenvalue weighted by Gasteiger charge is 2.40. The molecule has 1 saturated carbocycles. The van der Waals surface area contributed by atoms with Crippen LogP contribution in [0.15, 0.2) is 21.9 Å². The molecule has 0 radical (unpaired) electrons. The summed E-state index contributed by atoms with van der Waals surface area (Å²) in [7, 11) is -8.95. The Labute approximate surface area is 149 Å². The number of sulfonamides is 2. The summed E-state index contributed by atoms with van der Waals surface area (Å²) >= 11 is 0. The number of primary sulfonamides is 1. The molecule has 3 rings (SSSR count). The van der Waals surface area contributed by atoms with Crippen LogP contribution < -0.4 is 15.2 Å². The molecule has 2 aliphatic rings. The number of nitrogens with one attached hydrogen (secondary N) is 2. The van der Waals surface area contributed by atoms with Crippen LogP contribution in [0.2, 0.25) is 0 Å².